The Kier molecular flexibility index (Phi) is 6.02. The first-order valence-electron chi connectivity index (χ1n) is 8.37. The molecule has 1 heterocycles. The van der Waals surface area contributed by atoms with Crippen LogP contribution in [0.3, 0.4) is 0 Å². The van der Waals surface area contributed by atoms with Crippen LogP contribution >= 0.6 is 0 Å². The van der Waals surface area contributed by atoms with Crippen LogP contribution in [0.15, 0.2) is 36.5 Å². The summed E-state index contributed by atoms with van der Waals surface area (Å²) >= 11 is 0. The molecule has 7 heteroatoms. The second kappa shape index (κ2) is 8.03. The molecular weight excluding hydrogens is 336 g/mol. The minimum absolute atomic E-state index is 0.176. The van der Waals surface area contributed by atoms with E-state index in [4.69, 9.17) is 4.74 Å². The monoisotopic (exact) mass is 360 g/mol. The van der Waals surface area contributed by atoms with Gasteiger partial charge in [0, 0.05) is 19.2 Å². The van der Waals surface area contributed by atoms with Gasteiger partial charge in [-0.2, -0.15) is 5.01 Å². The standard InChI is InChI=1S/C19H24N2O5/c1-19(2,3)26-18(24)21-12-5-6-16(22)20(21)13-11-14-7-9-15(10-8-14)17(23)25-4/h5,7-10,12H,6,11,13H2,1-4H3. The molecule has 0 unspecified atom stereocenters. The zero-order valence-electron chi connectivity index (χ0n) is 15.5. The third kappa shape index (κ3) is 5.08. The second-order valence-corrected chi connectivity index (χ2v) is 6.87. The van der Waals surface area contributed by atoms with E-state index in [1.807, 2.05) is 0 Å². The minimum Gasteiger partial charge on any atom is -0.465 e. The number of carbonyl (C=O) groups is 3. The van der Waals surface area contributed by atoms with Crippen LogP contribution in [0, 0.1) is 0 Å². The van der Waals surface area contributed by atoms with Gasteiger partial charge in [0.2, 0.25) is 5.91 Å². The van der Waals surface area contributed by atoms with E-state index < -0.39 is 17.7 Å². The maximum atomic E-state index is 12.3. The summed E-state index contributed by atoms with van der Waals surface area (Å²) < 4.78 is 10.0. The van der Waals surface area contributed by atoms with Gasteiger partial charge in [-0.15, -0.1) is 0 Å². The number of benzene rings is 1. The van der Waals surface area contributed by atoms with E-state index in [1.54, 1.807) is 57.3 Å². The van der Waals surface area contributed by atoms with Crippen molar-refractivity contribution in [3.05, 3.63) is 47.7 Å². The van der Waals surface area contributed by atoms with Gasteiger partial charge in [0.05, 0.1) is 12.7 Å². The third-order valence-corrected chi connectivity index (χ3v) is 3.65. The number of methoxy groups -OCH3 is 1. The van der Waals surface area contributed by atoms with Crippen LogP contribution in [0.4, 0.5) is 4.79 Å². The summed E-state index contributed by atoms with van der Waals surface area (Å²) in [4.78, 5) is 36.0. The summed E-state index contributed by atoms with van der Waals surface area (Å²) in [5.74, 6) is -0.575. The van der Waals surface area contributed by atoms with Crippen LogP contribution in [0.25, 0.3) is 0 Å². The zero-order valence-corrected chi connectivity index (χ0v) is 15.5. The number of rotatable bonds is 4. The molecule has 0 saturated heterocycles. The molecule has 1 aliphatic rings. The average molecular weight is 360 g/mol. The Morgan fingerprint density at radius 2 is 1.81 bits per heavy atom. The van der Waals surface area contributed by atoms with Gasteiger partial charge in [0.1, 0.15) is 5.60 Å². The van der Waals surface area contributed by atoms with Crippen LogP contribution in [0.2, 0.25) is 0 Å². The van der Waals surface area contributed by atoms with Gasteiger partial charge in [-0.3, -0.25) is 4.79 Å². The molecular formula is C19H24N2O5. The first-order chi connectivity index (χ1) is 12.2. The maximum Gasteiger partial charge on any atom is 0.433 e. The molecule has 1 aromatic rings. The van der Waals surface area contributed by atoms with E-state index in [0.29, 0.717) is 18.5 Å². The fraction of sp³-hybridized carbons (Fsp3) is 0.421. The summed E-state index contributed by atoms with van der Waals surface area (Å²) in [5.41, 5.74) is 0.744. The molecule has 26 heavy (non-hydrogen) atoms. The SMILES string of the molecule is COC(=O)c1ccc(CCN2C(=O)CC=CN2C(=O)OC(C)(C)C)cc1. The number of esters is 1. The predicted octanol–water partition coefficient (Wildman–Crippen LogP) is 2.91. The molecule has 0 saturated carbocycles. The van der Waals surface area contributed by atoms with E-state index >= 15 is 0 Å². The summed E-state index contributed by atoms with van der Waals surface area (Å²) in [6.45, 7) is 5.63. The van der Waals surface area contributed by atoms with Crippen LogP contribution in [-0.2, 0) is 20.7 Å². The third-order valence-electron chi connectivity index (χ3n) is 3.65. The van der Waals surface area contributed by atoms with E-state index in [9.17, 15) is 14.4 Å². The molecule has 0 spiro atoms. The Balaban J connectivity index is 2.05. The molecule has 1 aromatic carbocycles. The Hall–Kier alpha value is -2.83. The van der Waals surface area contributed by atoms with Gasteiger partial charge in [-0.25, -0.2) is 14.6 Å². The van der Waals surface area contributed by atoms with Crippen molar-refractivity contribution in [1.29, 1.82) is 0 Å². The van der Waals surface area contributed by atoms with Crippen molar-refractivity contribution in [2.45, 2.75) is 39.2 Å². The number of ether oxygens (including phenoxy) is 2. The molecule has 140 valence electrons. The number of amides is 2. The Morgan fingerprint density at radius 1 is 1.15 bits per heavy atom. The van der Waals surface area contributed by atoms with Gasteiger partial charge >= 0.3 is 12.1 Å². The number of carbonyl (C=O) groups excluding carboxylic acids is 3. The average Bonchev–Trinajstić information content (AvgIpc) is 2.58. The Morgan fingerprint density at radius 3 is 2.38 bits per heavy atom. The molecule has 2 amide bonds. The molecule has 0 fully saturated rings. The lowest BCUT2D eigenvalue weighted by molar-refractivity contribution is -0.144. The largest absolute Gasteiger partial charge is 0.465 e. The quantitative estimate of drug-likeness (QED) is 0.772. The highest BCUT2D eigenvalue weighted by Gasteiger charge is 2.30. The van der Waals surface area contributed by atoms with Crippen LogP contribution < -0.4 is 0 Å². The summed E-state index contributed by atoms with van der Waals surface area (Å²) in [7, 11) is 1.33. The van der Waals surface area contributed by atoms with Crippen molar-refractivity contribution in [3.8, 4) is 0 Å². The lowest BCUT2D eigenvalue weighted by Gasteiger charge is -2.35. The van der Waals surface area contributed by atoms with Gasteiger partial charge in [-0.1, -0.05) is 18.2 Å². The molecule has 0 aliphatic carbocycles. The van der Waals surface area contributed by atoms with Crippen molar-refractivity contribution in [3.63, 3.8) is 0 Å². The summed E-state index contributed by atoms with van der Waals surface area (Å²) in [6, 6.07) is 6.94. The first-order valence-corrected chi connectivity index (χ1v) is 8.37. The van der Waals surface area contributed by atoms with Gasteiger partial charge < -0.3 is 9.47 Å². The molecule has 0 N–H and O–H groups in total. The van der Waals surface area contributed by atoms with E-state index in [2.05, 4.69) is 4.74 Å². The lowest BCUT2D eigenvalue weighted by Crippen LogP contribution is -2.50. The molecule has 2 rings (SSSR count). The van der Waals surface area contributed by atoms with Gasteiger partial charge in [-0.05, 0) is 44.9 Å². The lowest BCUT2D eigenvalue weighted by atomic mass is 10.1. The minimum atomic E-state index is -0.652. The van der Waals surface area contributed by atoms with E-state index in [1.165, 1.54) is 17.1 Å². The van der Waals surface area contributed by atoms with E-state index in [0.717, 1.165) is 5.56 Å². The van der Waals surface area contributed by atoms with Crippen LogP contribution in [0.1, 0.15) is 43.1 Å². The highest BCUT2D eigenvalue weighted by atomic mass is 16.6. The molecule has 0 bridgehead atoms. The fourth-order valence-electron chi connectivity index (χ4n) is 2.42. The van der Waals surface area contributed by atoms with Crippen molar-refractivity contribution in [2.24, 2.45) is 0 Å². The number of hydrogen-bond donors (Lipinski definition) is 0. The van der Waals surface area contributed by atoms with Crippen LogP contribution in [-0.4, -0.2) is 47.2 Å². The molecule has 0 radical (unpaired) electrons. The molecule has 7 nitrogen and oxygen atoms in total. The Bertz CT molecular complexity index is 704. The summed E-state index contributed by atoms with van der Waals surface area (Å²) in [5, 5.41) is 2.59. The van der Waals surface area contributed by atoms with Crippen molar-refractivity contribution < 1.29 is 23.9 Å². The van der Waals surface area contributed by atoms with Crippen molar-refractivity contribution >= 4 is 18.0 Å². The van der Waals surface area contributed by atoms with Gasteiger partial charge in [0.25, 0.3) is 0 Å². The zero-order chi connectivity index (χ0) is 19.3. The second-order valence-electron chi connectivity index (χ2n) is 6.87. The van der Waals surface area contributed by atoms with Crippen LogP contribution in [0.5, 0.6) is 0 Å². The smallest absolute Gasteiger partial charge is 0.433 e. The van der Waals surface area contributed by atoms with Gasteiger partial charge in [0.15, 0.2) is 0 Å². The number of hydrazine groups is 1. The molecule has 0 aromatic heterocycles. The molecule has 1 aliphatic heterocycles. The normalized spacial score (nSPS) is 14.4. The molecule has 0 atom stereocenters. The fourth-order valence-corrected chi connectivity index (χ4v) is 2.42. The van der Waals surface area contributed by atoms with Crippen molar-refractivity contribution in [1.82, 2.24) is 10.0 Å². The summed E-state index contributed by atoms with van der Waals surface area (Å²) in [6.07, 6.45) is 3.35. The Labute approximate surface area is 153 Å². The predicted molar refractivity (Wildman–Crippen MR) is 95.0 cm³/mol. The first kappa shape index (κ1) is 19.5. The maximum absolute atomic E-state index is 12.3. The highest BCUT2D eigenvalue weighted by molar-refractivity contribution is 5.89. The van der Waals surface area contributed by atoms with E-state index in [-0.39, 0.29) is 12.3 Å². The highest BCUT2D eigenvalue weighted by Crippen LogP contribution is 2.17. The number of nitrogens with zero attached hydrogens (tertiary/aromatic N) is 2. The topological polar surface area (TPSA) is 76.2 Å². The number of hydrogen-bond acceptors (Lipinski definition) is 5. The van der Waals surface area contributed by atoms with Crippen molar-refractivity contribution in [2.75, 3.05) is 13.7 Å².